The standard InChI is InChI=1S/C44H46ClN3O4.ClH/c1-31(2)38-14-16-39(17-15-38)50-29-36-11-9-34(10-12-36)28-47-21-23-48(24-22-47)43(49)20-13-37-25-33(4)44(41(45)26-37)52-42-19-18-40(27-46-42)51-30-35-7-5-32(3)6-8-35;/h5-20,25-27,31H,21-24,28-30H2,1-4H3;1H/b20-13+;. The van der Waals surface area contributed by atoms with Gasteiger partial charge in [-0.3, -0.25) is 9.69 Å². The van der Waals surface area contributed by atoms with Crippen LogP contribution in [0.3, 0.4) is 0 Å². The molecular weight excluding hydrogens is 705 g/mol. The Hall–Kier alpha value is -4.82. The van der Waals surface area contributed by atoms with E-state index >= 15 is 0 Å². The van der Waals surface area contributed by atoms with Crippen LogP contribution in [0.5, 0.6) is 23.1 Å². The van der Waals surface area contributed by atoms with Gasteiger partial charge in [0.25, 0.3) is 0 Å². The Morgan fingerprint density at radius 2 is 1.40 bits per heavy atom. The second kappa shape index (κ2) is 18.8. The molecule has 7 nitrogen and oxygen atoms in total. The van der Waals surface area contributed by atoms with Crippen molar-refractivity contribution in [3.8, 4) is 23.1 Å². The van der Waals surface area contributed by atoms with Crippen LogP contribution in [0, 0.1) is 13.8 Å². The summed E-state index contributed by atoms with van der Waals surface area (Å²) in [6.07, 6.45) is 5.07. The molecule has 1 aromatic heterocycles. The third-order valence-corrected chi connectivity index (χ3v) is 9.46. The Labute approximate surface area is 324 Å². The highest BCUT2D eigenvalue weighted by Gasteiger charge is 2.20. The minimum atomic E-state index is -0.00848. The molecule has 1 aliphatic rings. The van der Waals surface area contributed by atoms with Gasteiger partial charge in [0.05, 0.1) is 11.2 Å². The first-order valence-corrected chi connectivity index (χ1v) is 18.2. The molecule has 0 saturated carbocycles. The highest BCUT2D eigenvalue weighted by molar-refractivity contribution is 6.32. The predicted molar refractivity (Wildman–Crippen MR) is 215 cm³/mol. The molecule has 0 spiro atoms. The number of aromatic nitrogens is 1. The number of carbonyl (C=O) groups is 1. The van der Waals surface area contributed by atoms with Crippen LogP contribution in [-0.4, -0.2) is 46.9 Å². The van der Waals surface area contributed by atoms with Gasteiger partial charge in [0.2, 0.25) is 11.8 Å². The van der Waals surface area contributed by atoms with E-state index in [1.54, 1.807) is 24.4 Å². The maximum atomic E-state index is 13.1. The minimum absolute atomic E-state index is 0. The van der Waals surface area contributed by atoms with E-state index in [9.17, 15) is 4.79 Å². The van der Waals surface area contributed by atoms with Crippen LogP contribution in [0.15, 0.2) is 109 Å². The van der Waals surface area contributed by atoms with E-state index in [2.05, 4.69) is 91.3 Å². The normalized spacial score (nSPS) is 13.2. The molecule has 4 aromatic carbocycles. The lowest BCUT2D eigenvalue weighted by Gasteiger charge is -2.34. The van der Waals surface area contributed by atoms with Gasteiger partial charge in [-0.2, -0.15) is 0 Å². The quantitative estimate of drug-likeness (QED) is 0.112. The topological polar surface area (TPSA) is 64.1 Å². The molecule has 9 heteroatoms. The zero-order valence-corrected chi connectivity index (χ0v) is 32.3. The monoisotopic (exact) mass is 751 g/mol. The van der Waals surface area contributed by atoms with Crippen LogP contribution >= 0.6 is 24.0 Å². The number of aryl methyl sites for hydroxylation is 2. The summed E-state index contributed by atoms with van der Waals surface area (Å²) >= 11 is 6.64. The van der Waals surface area contributed by atoms with Gasteiger partial charge in [0.15, 0.2) is 5.75 Å². The Morgan fingerprint density at radius 1 is 0.792 bits per heavy atom. The number of amides is 1. The third kappa shape index (κ3) is 11.3. The maximum Gasteiger partial charge on any atom is 0.246 e. The van der Waals surface area contributed by atoms with E-state index in [0.29, 0.717) is 54.6 Å². The van der Waals surface area contributed by atoms with Gasteiger partial charge < -0.3 is 19.1 Å². The number of pyridine rings is 1. The van der Waals surface area contributed by atoms with Crippen molar-refractivity contribution in [1.29, 1.82) is 0 Å². The molecule has 53 heavy (non-hydrogen) atoms. The molecule has 0 radical (unpaired) electrons. The molecule has 276 valence electrons. The number of benzene rings is 4. The maximum absolute atomic E-state index is 13.1. The molecule has 0 unspecified atom stereocenters. The first-order valence-electron chi connectivity index (χ1n) is 17.8. The molecule has 5 aromatic rings. The van der Waals surface area contributed by atoms with E-state index in [1.165, 1.54) is 16.7 Å². The van der Waals surface area contributed by atoms with Crippen LogP contribution in [0.25, 0.3) is 6.08 Å². The van der Waals surface area contributed by atoms with Gasteiger partial charge in [-0.15, -0.1) is 12.4 Å². The zero-order valence-electron chi connectivity index (χ0n) is 30.8. The van der Waals surface area contributed by atoms with Crippen molar-refractivity contribution in [2.24, 2.45) is 0 Å². The van der Waals surface area contributed by atoms with Crippen LogP contribution < -0.4 is 14.2 Å². The fraction of sp³-hybridized carbons (Fsp3) is 0.273. The van der Waals surface area contributed by atoms with Crippen molar-refractivity contribution in [1.82, 2.24) is 14.8 Å². The second-order valence-electron chi connectivity index (χ2n) is 13.6. The molecule has 2 heterocycles. The van der Waals surface area contributed by atoms with Gasteiger partial charge in [0.1, 0.15) is 24.7 Å². The van der Waals surface area contributed by atoms with E-state index in [-0.39, 0.29) is 18.3 Å². The highest BCUT2D eigenvalue weighted by atomic mass is 35.5. The van der Waals surface area contributed by atoms with Crippen LogP contribution in [0.1, 0.15) is 58.7 Å². The van der Waals surface area contributed by atoms with Crippen molar-refractivity contribution < 1.29 is 19.0 Å². The summed E-state index contributed by atoms with van der Waals surface area (Å²) in [4.78, 5) is 21.7. The Kier molecular flexibility index (Phi) is 14.0. The largest absolute Gasteiger partial charge is 0.489 e. The molecule has 1 amide bonds. The van der Waals surface area contributed by atoms with Crippen molar-refractivity contribution in [3.63, 3.8) is 0 Å². The Balaban J connectivity index is 0.00000541. The molecule has 1 saturated heterocycles. The average molecular weight is 753 g/mol. The lowest BCUT2D eigenvalue weighted by atomic mass is 10.0. The summed E-state index contributed by atoms with van der Waals surface area (Å²) in [5.74, 6) is 2.97. The van der Waals surface area contributed by atoms with Gasteiger partial charge in [-0.25, -0.2) is 4.98 Å². The molecule has 0 N–H and O–H groups in total. The van der Waals surface area contributed by atoms with Crippen molar-refractivity contribution in [2.45, 2.75) is 53.4 Å². The molecule has 0 bridgehead atoms. The number of rotatable bonds is 13. The van der Waals surface area contributed by atoms with E-state index in [4.69, 9.17) is 25.8 Å². The number of halogens is 2. The van der Waals surface area contributed by atoms with E-state index in [0.717, 1.165) is 47.6 Å². The lowest BCUT2D eigenvalue weighted by molar-refractivity contribution is -0.127. The molecule has 1 aliphatic heterocycles. The first kappa shape index (κ1) is 39.4. The van der Waals surface area contributed by atoms with Gasteiger partial charge >= 0.3 is 0 Å². The molecule has 0 aliphatic carbocycles. The van der Waals surface area contributed by atoms with Crippen molar-refractivity contribution in [2.75, 3.05) is 26.2 Å². The fourth-order valence-electron chi connectivity index (χ4n) is 5.96. The second-order valence-corrected chi connectivity index (χ2v) is 14.0. The summed E-state index contributed by atoms with van der Waals surface area (Å²) in [6.45, 7) is 13.2. The Bertz CT molecular complexity index is 1930. The molecule has 0 atom stereocenters. The van der Waals surface area contributed by atoms with Crippen molar-refractivity contribution >= 4 is 36.0 Å². The van der Waals surface area contributed by atoms with E-state index in [1.807, 2.05) is 42.2 Å². The third-order valence-electron chi connectivity index (χ3n) is 9.18. The number of carbonyl (C=O) groups excluding carboxylic acids is 1. The SMILES string of the molecule is Cc1ccc(COc2ccc(Oc3c(C)cc(/C=C/C(=O)N4CCN(Cc5ccc(COc6ccc(C(C)C)cc6)cc5)CC4)cc3Cl)nc2)cc1.Cl. The van der Waals surface area contributed by atoms with Crippen molar-refractivity contribution in [3.05, 3.63) is 153 Å². The summed E-state index contributed by atoms with van der Waals surface area (Å²) in [5, 5.41) is 0.444. The summed E-state index contributed by atoms with van der Waals surface area (Å²) < 4.78 is 17.9. The van der Waals surface area contributed by atoms with Gasteiger partial charge in [-0.1, -0.05) is 91.7 Å². The number of hydrogen-bond acceptors (Lipinski definition) is 6. The van der Waals surface area contributed by atoms with Gasteiger partial charge in [0, 0.05) is 44.9 Å². The number of nitrogens with zero attached hydrogens (tertiary/aromatic N) is 3. The number of hydrogen-bond donors (Lipinski definition) is 0. The molecule has 6 rings (SSSR count). The van der Waals surface area contributed by atoms with Crippen LogP contribution in [-0.2, 0) is 24.6 Å². The smallest absolute Gasteiger partial charge is 0.246 e. The average Bonchev–Trinajstić information content (AvgIpc) is 3.16. The lowest BCUT2D eigenvalue weighted by Crippen LogP contribution is -2.47. The minimum Gasteiger partial charge on any atom is -0.489 e. The zero-order chi connectivity index (χ0) is 36.5. The number of piperazine rings is 1. The summed E-state index contributed by atoms with van der Waals surface area (Å²) in [6, 6.07) is 32.5. The van der Waals surface area contributed by atoms with Gasteiger partial charge in [-0.05, 0) is 89.6 Å². The van der Waals surface area contributed by atoms with Crippen LogP contribution in [0.2, 0.25) is 5.02 Å². The molecule has 1 fully saturated rings. The van der Waals surface area contributed by atoms with E-state index < -0.39 is 0 Å². The highest BCUT2D eigenvalue weighted by Crippen LogP contribution is 2.34. The van der Waals surface area contributed by atoms with Crippen LogP contribution in [0.4, 0.5) is 0 Å². The number of ether oxygens (including phenoxy) is 3. The summed E-state index contributed by atoms with van der Waals surface area (Å²) in [7, 11) is 0. The first-order chi connectivity index (χ1) is 25.2. The molecular formula is C44H47Cl2N3O4. The predicted octanol–water partition coefficient (Wildman–Crippen LogP) is 10.2. The Morgan fingerprint density at radius 3 is 2.00 bits per heavy atom. The summed E-state index contributed by atoms with van der Waals surface area (Å²) in [5.41, 5.74) is 7.67. The fourth-order valence-corrected chi connectivity index (χ4v) is 6.28.